The summed E-state index contributed by atoms with van der Waals surface area (Å²) in [5.74, 6) is 1.37. The molecule has 0 spiro atoms. The maximum Gasteiger partial charge on any atom is 0.308 e. The first-order valence-corrected chi connectivity index (χ1v) is 15.2. The number of fused-ring (bicyclic) bond motifs is 1. The van der Waals surface area contributed by atoms with E-state index in [2.05, 4.69) is 65.6 Å². The van der Waals surface area contributed by atoms with E-state index in [1.165, 1.54) is 71.1 Å². The number of ether oxygens (including phenoxy) is 3. The van der Waals surface area contributed by atoms with Crippen LogP contribution in [-0.4, -0.2) is 50.8 Å². The van der Waals surface area contributed by atoms with Crippen LogP contribution in [0.5, 0.6) is 11.5 Å². The topological polar surface area (TPSA) is 48.0 Å². The first-order valence-electron chi connectivity index (χ1n) is 14.4. The summed E-state index contributed by atoms with van der Waals surface area (Å²) in [7, 11) is 1.42. The SMILES string of the molecule is COC(=O)C(C)CCOc1ccc(Cc2c(-c3ccc(OCCN4CCCCC4)cc3)sc3ccccc23)cc1. The van der Waals surface area contributed by atoms with Crippen LogP contribution in [-0.2, 0) is 16.0 Å². The number of hydrogen-bond acceptors (Lipinski definition) is 6. The van der Waals surface area contributed by atoms with Crippen molar-refractivity contribution in [2.24, 2.45) is 5.92 Å². The number of hydrogen-bond donors (Lipinski definition) is 0. The Kier molecular flexibility index (Phi) is 9.74. The molecule has 0 aliphatic carbocycles. The fourth-order valence-electron chi connectivity index (χ4n) is 5.27. The minimum atomic E-state index is -0.201. The van der Waals surface area contributed by atoms with Gasteiger partial charge in [0.15, 0.2) is 0 Å². The number of rotatable bonds is 12. The van der Waals surface area contributed by atoms with Gasteiger partial charge in [-0.15, -0.1) is 11.3 Å². The molecule has 4 aromatic rings. The number of carbonyl (C=O) groups excluding carboxylic acids is 1. The Bertz CT molecular complexity index is 1370. The Morgan fingerprint density at radius 3 is 2.27 bits per heavy atom. The summed E-state index contributed by atoms with van der Waals surface area (Å²) < 4.78 is 18.1. The van der Waals surface area contributed by atoms with Crippen LogP contribution in [0.25, 0.3) is 20.5 Å². The molecule has 3 aromatic carbocycles. The van der Waals surface area contributed by atoms with E-state index < -0.39 is 0 Å². The lowest BCUT2D eigenvalue weighted by Crippen LogP contribution is -2.33. The zero-order chi connectivity index (χ0) is 27.7. The molecule has 1 aliphatic rings. The van der Waals surface area contributed by atoms with Gasteiger partial charge in [0.1, 0.15) is 18.1 Å². The Morgan fingerprint density at radius 1 is 0.875 bits per heavy atom. The molecule has 0 bridgehead atoms. The van der Waals surface area contributed by atoms with Crippen LogP contribution in [0.15, 0.2) is 72.8 Å². The minimum Gasteiger partial charge on any atom is -0.494 e. The second-order valence-corrected chi connectivity index (χ2v) is 11.6. The molecule has 1 unspecified atom stereocenters. The second-order valence-electron chi connectivity index (χ2n) is 10.6. The molecule has 1 atom stereocenters. The van der Waals surface area contributed by atoms with E-state index in [1.807, 2.05) is 30.4 Å². The summed E-state index contributed by atoms with van der Waals surface area (Å²) in [4.78, 5) is 15.4. The predicted molar refractivity (Wildman–Crippen MR) is 164 cm³/mol. The van der Waals surface area contributed by atoms with Crippen LogP contribution in [0, 0.1) is 5.92 Å². The molecule has 1 saturated heterocycles. The van der Waals surface area contributed by atoms with Crippen LogP contribution in [0.2, 0.25) is 0 Å². The predicted octanol–water partition coefficient (Wildman–Crippen LogP) is 7.60. The molecule has 5 nitrogen and oxygen atoms in total. The molecule has 40 heavy (non-hydrogen) atoms. The Balaban J connectivity index is 1.25. The van der Waals surface area contributed by atoms with Gasteiger partial charge in [0.05, 0.1) is 19.6 Å². The third-order valence-corrected chi connectivity index (χ3v) is 8.93. The van der Waals surface area contributed by atoms with E-state index in [0.29, 0.717) is 13.0 Å². The van der Waals surface area contributed by atoms with Crippen molar-refractivity contribution in [1.29, 1.82) is 0 Å². The average Bonchev–Trinajstić information content (AvgIpc) is 3.36. The minimum absolute atomic E-state index is 0.172. The van der Waals surface area contributed by atoms with E-state index in [9.17, 15) is 4.79 Å². The zero-order valence-electron chi connectivity index (χ0n) is 23.6. The van der Waals surface area contributed by atoms with E-state index in [1.54, 1.807) is 0 Å². The van der Waals surface area contributed by atoms with Crippen molar-refractivity contribution in [3.63, 3.8) is 0 Å². The fourth-order valence-corrected chi connectivity index (χ4v) is 6.49. The summed E-state index contributed by atoms with van der Waals surface area (Å²) in [5.41, 5.74) is 3.80. The molecule has 0 saturated carbocycles. The van der Waals surface area contributed by atoms with E-state index in [4.69, 9.17) is 14.2 Å². The number of esters is 1. The van der Waals surface area contributed by atoms with Crippen molar-refractivity contribution < 1.29 is 19.0 Å². The highest BCUT2D eigenvalue weighted by Gasteiger charge is 2.16. The quantitative estimate of drug-likeness (QED) is 0.168. The molecule has 5 rings (SSSR count). The largest absolute Gasteiger partial charge is 0.494 e. The number of nitrogens with zero attached hydrogens (tertiary/aromatic N) is 1. The van der Waals surface area contributed by atoms with Crippen LogP contribution >= 0.6 is 11.3 Å². The van der Waals surface area contributed by atoms with Crippen LogP contribution < -0.4 is 9.47 Å². The number of piperidine rings is 1. The lowest BCUT2D eigenvalue weighted by molar-refractivity contribution is -0.145. The molecule has 6 heteroatoms. The van der Waals surface area contributed by atoms with Crippen molar-refractivity contribution in [3.8, 4) is 21.9 Å². The highest BCUT2D eigenvalue weighted by molar-refractivity contribution is 7.22. The van der Waals surface area contributed by atoms with Gasteiger partial charge >= 0.3 is 5.97 Å². The highest BCUT2D eigenvalue weighted by Crippen LogP contribution is 2.40. The molecular formula is C34H39NO4S. The van der Waals surface area contributed by atoms with Gasteiger partial charge in [-0.2, -0.15) is 0 Å². The van der Waals surface area contributed by atoms with Gasteiger partial charge in [-0.1, -0.05) is 43.7 Å². The number of likely N-dealkylation sites (tertiary alicyclic amines) is 1. The molecule has 210 valence electrons. The van der Waals surface area contributed by atoms with Gasteiger partial charge in [0, 0.05) is 16.1 Å². The Labute approximate surface area is 241 Å². The van der Waals surface area contributed by atoms with Crippen molar-refractivity contribution >= 4 is 27.4 Å². The van der Waals surface area contributed by atoms with Gasteiger partial charge in [-0.25, -0.2) is 0 Å². The van der Waals surface area contributed by atoms with Crippen molar-refractivity contribution in [3.05, 3.63) is 83.9 Å². The number of carbonyl (C=O) groups is 1. The van der Waals surface area contributed by atoms with Crippen LogP contribution in [0.4, 0.5) is 0 Å². The summed E-state index contributed by atoms with van der Waals surface area (Å²) in [6, 6.07) is 25.5. The summed E-state index contributed by atoms with van der Waals surface area (Å²) in [5, 5.41) is 1.31. The van der Waals surface area contributed by atoms with E-state index in [-0.39, 0.29) is 11.9 Å². The zero-order valence-corrected chi connectivity index (χ0v) is 24.4. The van der Waals surface area contributed by atoms with Crippen molar-refractivity contribution in [1.82, 2.24) is 4.90 Å². The maximum absolute atomic E-state index is 11.6. The lowest BCUT2D eigenvalue weighted by Gasteiger charge is -2.26. The Morgan fingerprint density at radius 2 is 1.55 bits per heavy atom. The number of methoxy groups -OCH3 is 1. The normalized spacial score (nSPS) is 14.7. The Hall–Kier alpha value is -3.35. The lowest BCUT2D eigenvalue weighted by atomic mass is 9.99. The van der Waals surface area contributed by atoms with Crippen LogP contribution in [0.1, 0.15) is 43.7 Å². The average molecular weight is 558 g/mol. The number of thiophene rings is 1. The molecular weight excluding hydrogens is 518 g/mol. The third-order valence-electron chi connectivity index (χ3n) is 7.67. The first-order chi connectivity index (χ1) is 19.6. The highest BCUT2D eigenvalue weighted by atomic mass is 32.1. The van der Waals surface area contributed by atoms with Crippen molar-refractivity contribution in [2.75, 3.05) is 40.0 Å². The number of benzene rings is 3. The molecule has 1 aliphatic heterocycles. The summed E-state index contributed by atoms with van der Waals surface area (Å²) in [6.07, 6.45) is 5.44. The van der Waals surface area contributed by atoms with Crippen LogP contribution in [0.3, 0.4) is 0 Å². The van der Waals surface area contributed by atoms with Gasteiger partial charge in [0.25, 0.3) is 0 Å². The van der Waals surface area contributed by atoms with Gasteiger partial charge in [-0.3, -0.25) is 9.69 Å². The molecule has 0 amide bonds. The van der Waals surface area contributed by atoms with E-state index in [0.717, 1.165) is 31.1 Å². The van der Waals surface area contributed by atoms with E-state index >= 15 is 0 Å². The molecule has 0 N–H and O–H groups in total. The maximum atomic E-state index is 11.6. The monoisotopic (exact) mass is 557 g/mol. The molecule has 1 fully saturated rings. The first kappa shape index (κ1) is 28.2. The second kappa shape index (κ2) is 13.8. The molecule has 2 heterocycles. The molecule has 0 radical (unpaired) electrons. The summed E-state index contributed by atoms with van der Waals surface area (Å²) in [6.45, 7) is 6.47. The fraction of sp³-hybridized carbons (Fsp3) is 0.382. The van der Waals surface area contributed by atoms with Gasteiger partial charge in [0.2, 0.25) is 0 Å². The van der Waals surface area contributed by atoms with Gasteiger partial charge < -0.3 is 14.2 Å². The smallest absolute Gasteiger partial charge is 0.308 e. The standard InChI is InChI=1S/C34H39NO4S/c1-25(34(36)37-2)18-22-38-28-14-10-26(11-15-28)24-31-30-8-4-5-9-32(30)40-33(31)27-12-16-29(17-13-27)39-23-21-35-19-6-3-7-20-35/h4-5,8-17,25H,3,6-7,18-24H2,1-2H3. The molecule has 1 aromatic heterocycles. The third kappa shape index (κ3) is 7.23. The van der Waals surface area contributed by atoms with Crippen molar-refractivity contribution in [2.45, 2.75) is 39.0 Å². The summed E-state index contributed by atoms with van der Waals surface area (Å²) >= 11 is 1.85. The van der Waals surface area contributed by atoms with Gasteiger partial charge in [-0.05, 0) is 103 Å².